The van der Waals surface area contributed by atoms with Gasteiger partial charge in [0.1, 0.15) is 5.82 Å². The van der Waals surface area contributed by atoms with Gasteiger partial charge in [0.25, 0.3) is 0 Å². The number of fused-ring (bicyclic) bond motifs is 1. The minimum absolute atomic E-state index is 0.164. The highest BCUT2D eigenvalue weighted by molar-refractivity contribution is 5.90. The summed E-state index contributed by atoms with van der Waals surface area (Å²) < 4.78 is 0. The lowest BCUT2D eigenvalue weighted by molar-refractivity contribution is 0.282. The van der Waals surface area contributed by atoms with Crippen LogP contribution in [0.2, 0.25) is 0 Å². The minimum Gasteiger partial charge on any atom is -0.396 e. The number of para-hydroxylation sites is 1. The van der Waals surface area contributed by atoms with E-state index in [4.69, 9.17) is 5.11 Å². The molecule has 0 saturated heterocycles. The number of aliphatic hydroxyl groups excluding tert-OH is 1. The Kier molecular flexibility index (Phi) is 5.12. The first-order chi connectivity index (χ1) is 9.74. The first kappa shape index (κ1) is 14.5. The zero-order valence-electron chi connectivity index (χ0n) is 12.1. The van der Waals surface area contributed by atoms with E-state index < -0.39 is 0 Å². The van der Waals surface area contributed by atoms with Gasteiger partial charge in [0, 0.05) is 24.6 Å². The van der Waals surface area contributed by atoms with Crippen molar-refractivity contribution in [2.75, 3.05) is 23.8 Å². The molecular weight excluding hydrogens is 252 g/mol. The number of nitrogens with zero attached hydrogens (tertiary/aromatic N) is 2. The van der Waals surface area contributed by atoms with Crippen molar-refractivity contribution in [2.45, 2.75) is 32.7 Å². The summed E-state index contributed by atoms with van der Waals surface area (Å²) in [4.78, 5) is 9.06. The van der Waals surface area contributed by atoms with Crippen molar-refractivity contribution in [1.29, 1.82) is 0 Å². The van der Waals surface area contributed by atoms with Crippen molar-refractivity contribution in [2.24, 2.45) is 0 Å². The fraction of sp³-hybridized carbons (Fsp3) is 0.467. The Bertz CT molecular complexity index is 559. The van der Waals surface area contributed by atoms with E-state index in [0.29, 0.717) is 12.4 Å². The molecule has 0 saturated carbocycles. The molecule has 0 aliphatic heterocycles. The fourth-order valence-electron chi connectivity index (χ4n) is 2.00. The summed E-state index contributed by atoms with van der Waals surface area (Å²) in [6.07, 6.45) is 1.72. The zero-order chi connectivity index (χ0) is 14.4. The van der Waals surface area contributed by atoms with E-state index >= 15 is 0 Å². The van der Waals surface area contributed by atoms with Gasteiger partial charge in [0.2, 0.25) is 5.95 Å². The third kappa shape index (κ3) is 3.57. The fourth-order valence-corrected chi connectivity index (χ4v) is 2.00. The molecule has 1 aromatic heterocycles. The number of nitrogens with one attached hydrogen (secondary N) is 2. The minimum atomic E-state index is 0.164. The number of anilines is 2. The smallest absolute Gasteiger partial charge is 0.225 e. The maximum absolute atomic E-state index is 9.01. The van der Waals surface area contributed by atoms with Crippen LogP contribution in [-0.2, 0) is 0 Å². The second kappa shape index (κ2) is 7.05. The molecule has 5 heteroatoms. The summed E-state index contributed by atoms with van der Waals surface area (Å²) in [7, 11) is 0. The Morgan fingerprint density at radius 3 is 2.80 bits per heavy atom. The van der Waals surface area contributed by atoms with Crippen LogP contribution in [0.4, 0.5) is 11.8 Å². The van der Waals surface area contributed by atoms with Crippen LogP contribution in [0, 0.1) is 0 Å². The second-order valence-electron chi connectivity index (χ2n) is 4.90. The van der Waals surface area contributed by atoms with Gasteiger partial charge in [-0.2, -0.15) is 4.98 Å². The highest BCUT2D eigenvalue weighted by Crippen LogP contribution is 2.22. The number of hydrogen-bond acceptors (Lipinski definition) is 5. The molecule has 0 amide bonds. The molecule has 1 aromatic carbocycles. The van der Waals surface area contributed by atoms with Crippen molar-refractivity contribution in [3.8, 4) is 0 Å². The lowest BCUT2D eigenvalue weighted by Gasteiger charge is -2.16. The number of aromatic nitrogens is 2. The van der Waals surface area contributed by atoms with Gasteiger partial charge in [0.05, 0.1) is 5.52 Å². The van der Waals surface area contributed by atoms with Crippen LogP contribution in [-0.4, -0.2) is 34.3 Å². The normalized spacial score (nSPS) is 12.3. The molecule has 20 heavy (non-hydrogen) atoms. The predicted octanol–water partition coefficient (Wildman–Crippen LogP) is 2.63. The zero-order valence-corrected chi connectivity index (χ0v) is 12.1. The number of aliphatic hydroxyl groups is 1. The van der Waals surface area contributed by atoms with E-state index in [0.717, 1.165) is 29.7 Å². The summed E-state index contributed by atoms with van der Waals surface area (Å²) in [5.74, 6) is 1.46. The highest BCUT2D eigenvalue weighted by Gasteiger charge is 2.09. The summed E-state index contributed by atoms with van der Waals surface area (Å²) in [6.45, 7) is 5.16. The van der Waals surface area contributed by atoms with E-state index in [1.807, 2.05) is 31.2 Å². The van der Waals surface area contributed by atoms with Gasteiger partial charge in [-0.3, -0.25) is 0 Å². The van der Waals surface area contributed by atoms with Gasteiger partial charge < -0.3 is 15.7 Å². The maximum Gasteiger partial charge on any atom is 0.225 e. The van der Waals surface area contributed by atoms with E-state index in [-0.39, 0.29) is 12.6 Å². The Balaban J connectivity index is 2.33. The molecule has 2 aromatic rings. The van der Waals surface area contributed by atoms with E-state index in [1.54, 1.807) is 0 Å². The van der Waals surface area contributed by atoms with Crippen molar-refractivity contribution < 1.29 is 5.11 Å². The number of hydrogen-bond donors (Lipinski definition) is 3. The van der Waals surface area contributed by atoms with Crippen LogP contribution < -0.4 is 10.6 Å². The van der Waals surface area contributed by atoms with Crippen LogP contribution in [0.3, 0.4) is 0 Å². The molecule has 1 heterocycles. The molecule has 5 nitrogen and oxygen atoms in total. The monoisotopic (exact) mass is 274 g/mol. The van der Waals surface area contributed by atoms with Crippen LogP contribution in [0.25, 0.3) is 10.9 Å². The Morgan fingerprint density at radius 1 is 1.25 bits per heavy atom. The molecule has 0 fully saturated rings. The summed E-state index contributed by atoms with van der Waals surface area (Å²) in [5.41, 5.74) is 0.916. The van der Waals surface area contributed by atoms with Crippen molar-refractivity contribution in [3.05, 3.63) is 24.3 Å². The molecule has 0 aliphatic rings. The van der Waals surface area contributed by atoms with Gasteiger partial charge in [0.15, 0.2) is 0 Å². The van der Waals surface area contributed by atoms with Crippen molar-refractivity contribution in [3.63, 3.8) is 0 Å². The molecule has 3 N–H and O–H groups in total. The summed E-state index contributed by atoms with van der Waals surface area (Å²) in [6, 6.07) is 8.10. The average molecular weight is 274 g/mol. The molecule has 108 valence electrons. The quantitative estimate of drug-likeness (QED) is 0.724. The van der Waals surface area contributed by atoms with Gasteiger partial charge in [-0.25, -0.2) is 4.98 Å². The Hall–Kier alpha value is -1.88. The SMILES string of the molecule is CCCNc1nc(NC(C)CCO)c2ccccc2n1. The van der Waals surface area contributed by atoms with Gasteiger partial charge in [-0.15, -0.1) is 0 Å². The molecule has 0 radical (unpaired) electrons. The van der Waals surface area contributed by atoms with Crippen LogP contribution in [0.5, 0.6) is 0 Å². The first-order valence-corrected chi connectivity index (χ1v) is 7.12. The lowest BCUT2D eigenvalue weighted by atomic mass is 10.2. The van der Waals surface area contributed by atoms with Crippen LogP contribution in [0.1, 0.15) is 26.7 Å². The molecule has 0 aliphatic carbocycles. The van der Waals surface area contributed by atoms with E-state index in [9.17, 15) is 0 Å². The predicted molar refractivity (Wildman–Crippen MR) is 83.1 cm³/mol. The number of rotatable bonds is 7. The third-order valence-electron chi connectivity index (χ3n) is 3.08. The van der Waals surface area contributed by atoms with E-state index in [1.165, 1.54) is 0 Å². The summed E-state index contributed by atoms with van der Waals surface area (Å²) >= 11 is 0. The molecule has 1 atom stereocenters. The molecular formula is C15H22N4O. The molecule has 0 bridgehead atoms. The third-order valence-corrected chi connectivity index (χ3v) is 3.08. The number of benzene rings is 1. The highest BCUT2D eigenvalue weighted by atomic mass is 16.3. The van der Waals surface area contributed by atoms with Crippen molar-refractivity contribution in [1.82, 2.24) is 9.97 Å². The van der Waals surface area contributed by atoms with Gasteiger partial charge >= 0.3 is 0 Å². The molecule has 0 spiro atoms. The standard InChI is InChI=1S/C15H22N4O/c1-3-9-16-15-18-13-7-5-4-6-12(13)14(19-15)17-11(2)8-10-20/h4-7,11,20H,3,8-10H2,1-2H3,(H2,16,17,18,19). The summed E-state index contributed by atoms with van der Waals surface area (Å²) in [5, 5.41) is 16.6. The largest absolute Gasteiger partial charge is 0.396 e. The topological polar surface area (TPSA) is 70.1 Å². The molecule has 2 rings (SSSR count). The Labute approximate surface area is 119 Å². The average Bonchev–Trinajstić information content (AvgIpc) is 2.45. The maximum atomic E-state index is 9.01. The van der Waals surface area contributed by atoms with Crippen LogP contribution >= 0.6 is 0 Å². The second-order valence-corrected chi connectivity index (χ2v) is 4.90. The lowest BCUT2D eigenvalue weighted by Crippen LogP contribution is -2.18. The van der Waals surface area contributed by atoms with E-state index in [2.05, 4.69) is 27.5 Å². The molecule has 1 unspecified atom stereocenters. The first-order valence-electron chi connectivity index (χ1n) is 7.12. The van der Waals surface area contributed by atoms with Crippen LogP contribution in [0.15, 0.2) is 24.3 Å². The van der Waals surface area contributed by atoms with Crippen molar-refractivity contribution >= 4 is 22.7 Å². The van der Waals surface area contributed by atoms with Gasteiger partial charge in [-0.05, 0) is 31.9 Å². The Morgan fingerprint density at radius 2 is 2.05 bits per heavy atom. The van der Waals surface area contributed by atoms with Gasteiger partial charge in [-0.1, -0.05) is 19.1 Å².